The molecule has 5 nitrogen and oxygen atoms in total. The Morgan fingerprint density at radius 3 is 2.31 bits per heavy atom. The lowest BCUT2D eigenvalue weighted by Crippen LogP contribution is -2.33. The Kier molecular flexibility index (Phi) is 7.68. The van der Waals surface area contributed by atoms with Crippen LogP contribution in [0.15, 0.2) is 54.6 Å². The smallest absolute Gasteiger partial charge is 0.226 e. The van der Waals surface area contributed by atoms with Gasteiger partial charge in [-0.05, 0) is 42.7 Å². The minimum Gasteiger partial charge on any atom is -0.497 e. The number of ether oxygens (including phenoxy) is 1. The van der Waals surface area contributed by atoms with Gasteiger partial charge in [0.25, 0.3) is 0 Å². The van der Waals surface area contributed by atoms with Crippen molar-refractivity contribution in [3.63, 3.8) is 0 Å². The predicted molar refractivity (Wildman–Crippen MR) is 103 cm³/mol. The third-order valence-corrected chi connectivity index (χ3v) is 4.16. The minimum absolute atomic E-state index is 0.00434. The van der Waals surface area contributed by atoms with Crippen molar-refractivity contribution in [3.8, 4) is 5.75 Å². The SMILES string of the molecule is COc1ccc(NC(=O)CCN(CCCc2ccccc2)C(C)=O)cc1. The van der Waals surface area contributed by atoms with Crippen molar-refractivity contribution in [1.29, 1.82) is 0 Å². The highest BCUT2D eigenvalue weighted by molar-refractivity contribution is 5.91. The molecule has 5 heteroatoms. The summed E-state index contributed by atoms with van der Waals surface area (Å²) in [7, 11) is 1.60. The molecule has 0 heterocycles. The van der Waals surface area contributed by atoms with Crippen molar-refractivity contribution < 1.29 is 14.3 Å². The van der Waals surface area contributed by atoms with E-state index in [0.29, 0.717) is 18.8 Å². The normalized spacial score (nSPS) is 10.2. The molecule has 0 radical (unpaired) electrons. The molecule has 26 heavy (non-hydrogen) atoms. The molecule has 0 aliphatic carbocycles. The van der Waals surface area contributed by atoms with E-state index in [1.807, 2.05) is 18.2 Å². The maximum absolute atomic E-state index is 12.1. The van der Waals surface area contributed by atoms with Gasteiger partial charge in [0.05, 0.1) is 7.11 Å². The molecule has 138 valence electrons. The maximum Gasteiger partial charge on any atom is 0.226 e. The van der Waals surface area contributed by atoms with E-state index in [4.69, 9.17) is 4.74 Å². The summed E-state index contributed by atoms with van der Waals surface area (Å²) in [4.78, 5) is 25.6. The van der Waals surface area contributed by atoms with Crippen LogP contribution in [0.1, 0.15) is 25.3 Å². The van der Waals surface area contributed by atoms with Crippen LogP contribution in [0.25, 0.3) is 0 Å². The van der Waals surface area contributed by atoms with Crippen molar-refractivity contribution >= 4 is 17.5 Å². The summed E-state index contributed by atoms with van der Waals surface area (Å²) in [6, 6.07) is 17.4. The summed E-state index contributed by atoms with van der Waals surface area (Å²) in [5.74, 6) is 0.629. The van der Waals surface area contributed by atoms with E-state index in [9.17, 15) is 9.59 Å². The van der Waals surface area contributed by atoms with E-state index < -0.39 is 0 Å². The van der Waals surface area contributed by atoms with E-state index in [-0.39, 0.29) is 18.2 Å². The van der Waals surface area contributed by atoms with Gasteiger partial charge in [-0.1, -0.05) is 30.3 Å². The molecule has 0 saturated carbocycles. The van der Waals surface area contributed by atoms with Crippen LogP contribution >= 0.6 is 0 Å². The second kappa shape index (κ2) is 10.2. The highest BCUT2D eigenvalue weighted by Crippen LogP contribution is 2.15. The lowest BCUT2D eigenvalue weighted by molar-refractivity contribution is -0.129. The number of amides is 2. The predicted octanol–water partition coefficient (Wildman–Crippen LogP) is 3.51. The van der Waals surface area contributed by atoms with Crippen LogP contribution in [-0.2, 0) is 16.0 Å². The highest BCUT2D eigenvalue weighted by Gasteiger charge is 2.11. The number of carbonyl (C=O) groups excluding carboxylic acids is 2. The van der Waals surface area contributed by atoms with Gasteiger partial charge in [-0.3, -0.25) is 9.59 Å². The fraction of sp³-hybridized carbons (Fsp3) is 0.333. The number of benzene rings is 2. The molecule has 0 aliphatic heterocycles. The number of nitrogens with zero attached hydrogens (tertiary/aromatic N) is 1. The first-order valence-electron chi connectivity index (χ1n) is 8.82. The van der Waals surface area contributed by atoms with Crippen LogP contribution in [0.5, 0.6) is 5.75 Å². The van der Waals surface area contributed by atoms with Crippen molar-refractivity contribution in [1.82, 2.24) is 4.90 Å². The third-order valence-electron chi connectivity index (χ3n) is 4.16. The number of anilines is 1. The zero-order valence-corrected chi connectivity index (χ0v) is 15.4. The summed E-state index contributed by atoms with van der Waals surface area (Å²) in [6.07, 6.45) is 2.07. The zero-order chi connectivity index (χ0) is 18.8. The molecule has 0 atom stereocenters. The maximum atomic E-state index is 12.1. The first-order chi connectivity index (χ1) is 12.6. The van der Waals surface area contributed by atoms with Gasteiger partial charge in [0.1, 0.15) is 5.75 Å². The molecule has 0 bridgehead atoms. The lowest BCUT2D eigenvalue weighted by Gasteiger charge is -2.20. The Morgan fingerprint density at radius 1 is 1.00 bits per heavy atom. The third kappa shape index (κ3) is 6.59. The van der Waals surface area contributed by atoms with Crippen molar-refractivity contribution in [3.05, 3.63) is 60.2 Å². The van der Waals surface area contributed by atoms with Crippen LogP contribution in [0, 0.1) is 0 Å². The number of hydrogen-bond donors (Lipinski definition) is 1. The minimum atomic E-state index is -0.107. The molecule has 0 fully saturated rings. The Balaban J connectivity index is 1.75. The lowest BCUT2D eigenvalue weighted by atomic mass is 10.1. The summed E-state index contributed by atoms with van der Waals surface area (Å²) < 4.78 is 5.09. The fourth-order valence-electron chi connectivity index (χ4n) is 2.68. The summed E-state index contributed by atoms with van der Waals surface area (Å²) >= 11 is 0. The van der Waals surface area contributed by atoms with Crippen LogP contribution in [0.3, 0.4) is 0 Å². The molecule has 1 N–H and O–H groups in total. The van der Waals surface area contributed by atoms with Crippen LogP contribution in [0.4, 0.5) is 5.69 Å². The molecule has 2 aromatic carbocycles. The zero-order valence-electron chi connectivity index (χ0n) is 15.4. The number of hydrogen-bond acceptors (Lipinski definition) is 3. The van der Waals surface area contributed by atoms with Gasteiger partial charge in [0.15, 0.2) is 0 Å². The molecule has 0 aromatic heterocycles. The van der Waals surface area contributed by atoms with Crippen molar-refractivity contribution in [2.45, 2.75) is 26.2 Å². The summed E-state index contributed by atoms with van der Waals surface area (Å²) in [5.41, 5.74) is 1.97. The summed E-state index contributed by atoms with van der Waals surface area (Å²) in [5, 5.41) is 2.84. The van der Waals surface area contributed by atoms with Crippen LogP contribution < -0.4 is 10.1 Å². The molecule has 2 amide bonds. The second-order valence-electron chi connectivity index (χ2n) is 6.12. The quantitative estimate of drug-likeness (QED) is 0.750. The first-order valence-corrected chi connectivity index (χ1v) is 8.82. The van der Waals surface area contributed by atoms with Gasteiger partial charge in [-0.15, -0.1) is 0 Å². The van der Waals surface area contributed by atoms with Gasteiger partial charge in [0.2, 0.25) is 11.8 Å². The molecule has 0 saturated heterocycles. The van der Waals surface area contributed by atoms with Crippen molar-refractivity contribution in [2.75, 3.05) is 25.5 Å². The van der Waals surface area contributed by atoms with Gasteiger partial charge in [-0.25, -0.2) is 0 Å². The van der Waals surface area contributed by atoms with E-state index in [0.717, 1.165) is 18.6 Å². The molecule has 0 spiro atoms. The Labute approximate surface area is 155 Å². The average molecular weight is 354 g/mol. The Hall–Kier alpha value is -2.82. The second-order valence-corrected chi connectivity index (χ2v) is 6.12. The van der Waals surface area contributed by atoms with Crippen LogP contribution in [0.2, 0.25) is 0 Å². The van der Waals surface area contributed by atoms with Gasteiger partial charge < -0.3 is 15.0 Å². The first kappa shape index (κ1) is 19.5. The highest BCUT2D eigenvalue weighted by atomic mass is 16.5. The van der Waals surface area contributed by atoms with Crippen molar-refractivity contribution in [2.24, 2.45) is 0 Å². The van der Waals surface area contributed by atoms with E-state index in [1.54, 1.807) is 43.2 Å². The number of aryl methyl sites for hydroxylation is 1. The van der Waals surface area contributed by atoms with E-state index in [1.165, 1.54) is 5.56 Å². The fourth-order valence-corrected chi connectivity index (χ4v) is 2.68. The number of methoxy groups -OCH3 is 1. The number of nitrogens with one attached hydrogen (secondary N) is 1. The van der Waals surface area contributed by atoms with Crippen LogP contribution in [-0.4, -0.2) is 36.9 Å². The average Bonchev–Trinajstić information content (AvgIpc) is 2.65. The molecule has 0 aliphatic rings. The van der Waals surface area contributed by atoms with E-state index in [2.05, 4.69) is 17.4 Å². The van der Waals surface area contributed by atoms with Gasteiger partial charge in [0, 0.05) is 32.1 Å². The number of rotatable bonds is 9. The molecule has 0 unspecified atom stereocenters. The number of carbonyl (C=O) groups is 2. The molecular formula is C21H26N2O3. The van der Waals surface area contributed by atoms with Gasteiger partial charge in [-0.2, -0.15) is 0 Å². The molecule has 2 rings (SSSR count). The Bertz CT molecular complexity index is 699. The molecule has 2 aromatic rings. The topological polar surface area (TPSA) is 58.6 Å². The Morgan fingerprint density at radius 2 is 1.69 bits per heavy atom. The monoisotopic (exact) mass is 354 g/mol. The molecular weight excluding hydrogens is 328 g/mol. The standard InChI is InChI=1S/C21H26N2O3/c1-17(24)23(15-6-9-18-7-4-3-5-8-18)16-14-21(25)22-19-10-12-20(26-2)13-11-19/h3-5,7-8,10-13H,6,9,14-16H2,1-2H3,(H,22,25). The van der Waals surface area contributed by atoms with E-state index >= 15 is 0 Å². The summed E-state index contributed by atoms with van der Waals surface area (Å²) in [6.45, 7) is 2.62. The largest absolute Gasteiger partial charge is 0.497 e. The van der Waals surface area contributed by atoms with Gasteiger partial charge >= 0.3 is 0 Å².